The number of amides is 1. The third kappa shape index (κ3) is 4.90. The van der Waals surface area contributed by atoms with E-state index in [0.717, 1.165) is 43.2 Å². The summed E-state index contributed by atoms with van der Waals surface area (Å²) >= 11 is 1.51. The molecule has 0 atom stereocenters. The maximum atomic E-state index is 12.2. The van der Waals surface area contributed by atoms with Crippen LogP contribution in [-0.2, 0) is 24.3 Å². The zero-order chi connectivity index (χ0) is 20.2. The molecule has 1 fully saturated rings. The van der Waals surface area contributed by atoms with Gasteiger partial charge < -0.3 is 14.8 Å². The Hall–Kier alpha value is -2.12. The van der Waals surface area contributed by atoms with E-state index < -0.39 is 0 Å². The van der Waals surface area contributed by atoms with Crippen LogP contribution in [0.4, 0.5) is 5.13 Å². The molecule has 0 unspecified atom stereocenters. The molecule has 1 N–H and O–H groups in total. The van der Waals surface area contributed by atoms with Crippen LogP contribution in [0, 0.1) is 5.92 Å². The molecule has 1 aromatic carbocycles. The van der Waals surface area contributed by atoms with Crippen molar-refractivity contribution in [2.45, 2.75) is 51.6 Å². The number of hydrogen-bond donors (Lipinski definition) is 1. The molecule has 29 heavy (non-hydrogen) atoms. The zero-order valence-electron chi connectivity index (χ0n) is 17.2. The Bertz CT molecular complexity index is 861. The Morgan fingerprint density at radius 2 is 1.93 bits per heavy atom. The second kappa shape index (κ2) is 9.13. The summed E-state index contributed by atoms with van der Waals surface area (Å²) in [5, 5.41) is 5.75. The first-order valence-electron chi connectivity index (χ1n) is 10.3. The number of rotatable bonds is 7. The van der Waals surface area contributed by atoms with Crippen LogP contribution in [0.3, 0.4) is 0 Å². The Labute approximate surface area is 176 Å². The first kappa shape index (κ1) is 20.2. The Morgan fingerprint density at radius 3 is 2.66 bits per heavy atom. The standard InChI is InChI=1S/C22H29N3O3S/c1-27-19-10-16-7-8-25(12-17(16)11-20(19)28-2)13-18-14-29-22(23-18)24-21(26)9-15-5-3-4-6-15/h10-11,14-15H,3-9,12-13H2,1-2H3,(H,23,24,26). The lowest BCUT2D eigenvalue weighted by Crippen LogP contribution is -2.30. The van der Waals surface area contributed by atoms with Gasteiger partial charge in [0.25, 0.3) is 0 Å². The van der Waals surface area contributed by atoms with Crippen LogP contribution < -0.4 is 14.8 Å². The SMILES string of the molecule is COc1cc2c(cc1OC)CN(Cc1csc(NC(=O)CC3CCCC3)n1)CC2. The largest absolute Gasteiger partial charge is 0.493 e. The summed E-state index contributed by atoms with van der Waals surface area (Å²) in [5.41, 5.74) is 3.60. The van der Waals surface area contributed by atoms with Crippen molar-refractivity contribution in [1.82, 2.24) is 9.88 Å². The predicted molar refractivity (Wildman–Crippen MR) is 115 cm³/mol. The summed E-state index contributed by atoms with van der Waals surface area (Å²) < 4.78 is 10.9. The average Bonchev–Trinajstić information content (AvgIpc) is 3.39. The summed E-state index contributed by atoms with van der Waals surface area (Å²) in [6.07, 6.45) is 6.50. The minimum absolute atomic E-state index is 0.103. The number of carbonyl (C=O) groups excluding carboxylic acids is 1. The molecule has 0 radical (unpaired) electrons. The van der Waals surface area contributed by atoms with Gasteiger partial charge in [-0.05, 0) is 48.4 Å². The summed E-state index contributed by atoms with van der Waals surface area (Å²) in [6, 6.07) is 4.17. The van der Waals surface area contributed by atoms with Gasteiger partial charge in [0.05, 0.1) is 19.9 Å². The van der Waals surface area contributed by atoms with Crippen LogP contribution in [0.2, 0.25) is 0 Å². The number of nitrogens with one attached hydrogen (secondary N) is 1. The van der Waals surface area contributed by atoms with Crippen LogP contribution in [0.15, 0.2) is 17.5 Å². The van der Waals surface area contributed by atoms with E-state index >= 15 is 0 Å². The van der Waals surface area contributed by atoms with Gasteiger partial charge in [-0.25, -0.2) is 4.98 Å². The maximum Gasteiger partial charge on any atom is 0.226 e. The second-order valence-electron chi connectivity index (χ2n) is 7.98. The first-order valence-corrected chi connectivity index (χ1v) is 11.2. The normalized spacial score (nSPS) is 17.2. The molecule has 0 saturated heterocycles. The van der Waals surface area contributed by atoms with E-state index in [1.54, 1.807) is 14.2 Å². The Morgan fingerprint density at radius 1 is 1.21 bits per heavy atom. The second-order valence-corrected chi connectivity index (χ2v) is 8.84. The van der Waals surface area contributed by atoms with E-state index in [9.17, 15) is 4.79 Å². The highest BCUT2D eigenvalue weighted by Gasteiger charge is 2.21. The third-order valence-corrected chi connectivity index (χ3v) is 6.74. The number of thiazole rings is 1. The fraction of sp³-hybridized carbons (Fsp3) is 0.545. The van der Waals surface area contributed by atoms with Crippen molar-refractivity contribution in [3.8, 4) is 11.5 Å². The van der Waals surface area contributed by atoms with E-state index in [4.69, 9.17) is 9.47 Å². The van der Waals surface area contributed by atoms with Crippen LogP contribution >= 0.6 is 11.3 Å². The van der Waals surface area contributed by atoms with Gasteiger partial charge in [0.2, 0.25) is 5.91 Å². The Balaban J connectivity index is 1.34. The molecule has 2 aliphatic rings. The lowest BCUT2D eigenvalue weighted by Gasteiger charge is -2.29. The van der Waals surface area contributed by atoms with E-state index in [1.807, 2.05) is 0 Å². The number of hydrogen-bond acceptors (Lipinski definition) is 6. The van der Waals surface area contributed by atoms with Gasteiger partial charge in [-0.3, -0.25) is 9.69 Å². The van der Waals surface area contributed by atoms with Crippen molar-refractivity contribution < 1.29 is 14.3 Å². The van der Waals surface area contributed by atoms with Crippen molar-refractivity contribution in [3.63, 3.8) is 0 Å². The number of anilines is 1. The smallest absolute Gasteiger partial charge is 0.226 e. The van der Waals surface area contributed by atoms with Gasteiger partial charge >= 0.3 is 0 Å². The highest BCUT2D eigenvalue weighted by Crippen LogP contribution is 2.33. The number of benzene rings is 1. The molecule has 1 aliphatic heterocycles. The highest BCUT2D eigenvalue weighted by molar-refractivity contribution is 7.13. The number of carbonyl (C=O) groups is 1. The summed E-state index contributed by atoms with van der Waals surface area (Å²) in [7, 11) is 3.34. The molecule has 6 nitrogen and oxygen atoms in total. The average molecular weight is 416 g/mol. The molecule has 1 aromatic heterocycles. The zero-order valence-corrected chi connectivity index (χ0v) is 18.0. The van der Waals surface area contributed by atoms with Gasteiger partial charge in [0.15, 0.2) is 16.6 Å². The fourth-order valence-corrected chi connectivity index (χ4v) is 5.11. The van der Waals surface area contributed by atoms with E-state index in [1.165, 1.54) is 48.1 Å². The van der Waals surface area contributed by atoms with Crippen molar-refractivity contribution >= 4 is 22.4 Å². The first-order chi connectivity index (χ1) is 14.1. The van der Waals surface area contributed by atoms with Gasteiger partial charge in [0.1, 0.15) is 0 Å². The van der Waals surface area contributed by atoms with Crippen molar-refractivity contribution in [2.24, 2.45) is 5.92 Å². The molecule has 1 aliphatic carbocycles. The van der Waals surface area contributed by atoms with Crippen molar-refractivity contribution in [1.29, 1.82) is 0 Å². The maximum absolute atomic E-state index is 12.2. The van der Waals surface area contributed by atoms with Crippen LogP contribution in [0.5, 0.6) is 11.5 Å². The summed E-state index contributed by atoms with van der Waals surface area (Å²) in [6.45, 7) is 2.61. The molecule has 0 bridgehead atoms. The minimum atomic E-state index is 0.103. The van der Waals surface area contributed by atoms with Crippen LogP contribution in [0.1, 0.15) is 48.9 Å². The molecule has 1 saturated carbocycles. The molecule has 4 rings (SSSR count). The molecule has 7 heteroatoms. The summed E-state index contributed by atoms with van der Waals surface area (Å²) in [5.74, 6) is 2.22. The molecular weight excluding hydrogens is 386 g/mol. The fourth-order valence-electron chi connectivity index (χ4n) is 4.39. The number of methoxy groups -OCH3 is 2. The Kier molecular flexibility index (Phi) is 6.35. The van der Waals surface area contributed by atoms with Gasteiger partial charge in [-0.1, -0.05) is 12.8 Å². The number of ether oxygens (including phenoxy) is 2. The predicted octanol–water partition coefficient (Wildman–Crippen LogP) is 4.24. The molecular formula is C22H29N3O3S. The minimum Gasteiger partial charge on any atom is -0.493 e. The molecule has 1 amide bonds. The topological polar surface area (TPSA) is 63.7 Å². The number of nitrogens with zero attached hydrogens (tertiary/aromatic N) is 2. The lowest BCUT2D eigenvalue weighted by atomic mass is 9.98. The van der Waals surface area contributed by atoms with Crippen LogP contribution in [0.25, 0.3) is 0 Å². The van der Waals surface area contributed by atoms with Gasteiger partial charge in [-0.2, -0.15) is 0 Å². The quantitative estimate of drug-likeness (QED) is 0.733. The van der Waals surface area contributed by atoms with E-state index in [0.29, 0.717) is 17.5 Å². The van der Waals surface area contributed by atoms with Gasteiger partial charge in [-0.15, -0.1) is 11.3 Å². The number of aromatic nitrogens is 1. The van der Waals surface area contributed by atoms with E-state index in [-0.39, 0.29) is 5.91 Å². The van der Waals surface area contributed by atoms with E-state index in [2.05, 4.69) is 32.7 Å². The highest BCUT2D eigenvalue weighted by atomic mass is 32.1. The third-order valence-electron chi connectivity index (χ3n) is 5.93. The molecule has 2 aromatic rings. The van der Waals surface area contributed by atoms with Crippen molar-refractivity contribution in [3.05, 3.63) is 34.3 Å². The number of fused-ring (bicyclic) bond motifs is 1. The molecule has 2 heterocycles. The van der Waals surface area contributed by atoms with Crippen LogP contribution in [-0.4, -0.2) is 36.6 Å². The van der Waals surface area contributed by atoms with Gasteiger partial charge in [0, 0.05) is 31.4 Å². The van der Waals surface area contributed by atoms with Crippen molar-refractivity contribution in [2.75, 3.05) is 26.1 Å². The molecule has 0 spiro atoms. The summed E-state index contributed by atoms with van der Waals surface area (Å²) in [4.78, 5) is 19.3. The monoisotopic (exact) mass is 415 g/mol. The lowest BCUT2D eigenvalue weighted by molar-refractivity contribution is -0.117. The molecule has 156 valence electrons.